The number of nitrogens with two attached hydrogens (primary N) is 1. The Hall–Kier alpha value is -1.71. The maximum atomic E-state index is 12.6. The minimum atomic E-state index is 0.0305. The summed E-state index contributed by atoms with van der Waals surface area (Å²) in [5.41, 5.74) is 7.01. The zero-order valence-electron chi connectivity index (χ0n) is 11.7. The van der Waals surface area contributed by atoms with Crippen LogP contribution in [0.25, 0.3) is 0 Å². The molecule has 0 saturated carbocycles. The van der Waals surface area contributed by atoms with Crippen molar-refractivity contribution in [2.24, 2.45) is 0 Å². The van der Waals surface area contributed by atoms with Gasteiger partial charge in [0.2, 0.25) is 0 Å². The molecule has 19 heavy (non-hydrogen) atoms. The molecule has 4 nitrogen and oxygen atoms in total. The first-order valence-electron chi connectivity index (χ1n) is 6.91. The van der Waals surface area contributed by atoms with Crippen LogP contribution in [0.1, 0.15) is 43.0 Å². The molecule has 1 amide bonds. The van der Waals surface area contributed by atoms with Crippen molar-refractivity contribution in [1.82, 2.24) is 4.90 Å². The molecule has 104 valence electrons. The molecule has 1 saturated heterocycles. The Bertz CT molecular complexity index is 459. The summed E-state index contributed by atoms with van der Waals surface area (Å²) in [5.74, 6) is 0.700. The van der Waals surface area contributed by atoms with Gasteiger partial charge >= 0.3 is 0 Å². The van der Waals surface area contributed by atoms with E-state index in [1.165, 1.54) is 6.42 Å². The smallest absolute Gasteiger partial charge is 0.256 e. The third-order valence-corrected chi connectivity index (χ3v) is 3.85. The second-order valence-corrected chi connectivity index (χ2v) is 5.01. The van der Waals surface area contributed by atoms with Gasteiger partial charge in [0.25, 0.3) is 5.91 Å². The van der Waals surface area contributed by atoms with Crippen LogP contribution in [0.5, 0.6) is 5.75 Å². The number of hydrogen-bond donors (Lipinski definition) is 1. The van der Waals surface area contributed by atoms with Crippen molar-refractivity contribution in [2.45, 2.75) is 38.6 Å². The number of nitrogens with zero attached hydrogens (tertiary/aromatic N) is 1. The van der Waals surface area contributed by atoms with E-state index >= 15 is 0 Å². The summed E-state index contributed by atoms with van der Waals surface area (Å²) in [5, 5.41) is 0. The lowest BCUT2D eigenvalue weighted by Crippen LogP contribution is -2.43. The van der Waals surface area contributed by atoms with E-state index < -0.39 is 0 Å². The van der Waals surface area contributed by atoms with Gasteiger partial charge in [-0.3, -0.25) is 4.79 Å². The lowest BCUT2D eigenvalue weighted by molar-refractivity contribution is 0.0609. The summed E-state index contributed by atoms with van der Waals surface area (Å²) >= 11 is 0. The molecule has 1 fully saturated rings. The van der Waals surface area contributed by atoms with Crippen molar-refractivity contribution in [3.8, 4) is 5.75 Å². The number of piperidine rings is 1. The van der Waals surface area contributed by atoms with Gasteiger partial charge in [-0.2, -0.15) is 0 Å². The quantitative estimate of drug-likeness (QED) is 0.852. The normalized spacial score (nSPS) is 19.3. The SMILES string of the molecule is CCC1CCCCN1C(=O)c1cc(OC)ccc1N. The Labute approximate surface area is 114 Å². The van der Waals surface area contributed by atoms with Crippen LogP contribution in [0, 0.1) is 0 Å². The molecule has 4 heteroatoms. The van der Waals surface area contributed by atoms with Gasteiger partial charge in [-0.1, -0.05) is 6.92 Å². The van der Waals surface area contributed by atoms with E-state index in [4.69, 9.17) is 10.5 Å². The van der Waals surface area contributed by atoms with Gasteiger partial charge in [-0.25, -0.2) is 0 Å². The van der Waals surface area contributed by atoms with Gasteiger partial charge in [0.05, 0.1) is 12.7 Å². The first kappa shape index (κ1) is 13.7. The average molecular weight is 262 g/mol. The third-order valence-electron chi connectivity index (χ3n) is 3.85. The summed E-state index contributed by atoms with van der Waals surface area (Å²) in [6.45, 7) is 2.96. The minimum absolute atomic E-state index is 0.0305. The fraction of sp³-hybridized carbons (Fsp3) is 0.533. The Morgan fingerprint density at radius 3 is 2.95 bits per heavy atom. The lowest BCUT2D eigenvalue weighted by Gasteiger charge is -2.35. The van der Waals surface area contributed by atoms with Gasteiger partial charge in [0.1, 0.15) is 5.75 Å². The molecule has 0 aliphatic carbocycles. The van der Waals surface area contributed by atoms with Crippen LogP contribution < -0.4 is 10.5 Å². The molecule has 0 radical (unpaired) electrons. The van der Waals surface area contributed by atoms with Crippen LogP contribution in [0.15, 0.2) is 18.2 Å². The fourth-order valence-electron chi connectivity index (χ4n) is 2.69. The first-order valence-corrected chi connectivity index (χ1v) is 6.91. The number of ether oxygens (including phenoxy) is 1. The van der Waals surface area contributed by atoms with E-state index in [0.29, 0.717) is 23.0 Å². The van der Waals surface area contributed by atoms with Crippen LogP contribution in [-0.4, -0.2) is 30.5 Å². The highest BCUT2D eigenvalue weighted by Crippen LogP contribution is 2.26. The molecule has 2 N–H and O–H groups in total. The van der Waals surface area contributed by atoms with Crippen molar-refractivity contribution in [3.05, 3.63) is 23.8 Å². The zero-order valence-corrected chi connectivity index (χ0v) is 11.7. The van der Waals surface area contributed by atoms with Crippen molar-refractivity contribution < 1.29 is 9.53 Å². The number of methoxy groups -OCH3 is 1. The summed E-state index contributed by atoms with van der Waals surface area (Å²) in [7, 11) is 1.59. The van der Waals surface area contributed by atoms with Crippen molar-refractivity contribution in [2.75, 3.05) is 19.4 Å². The number of anilines is 1. The molecule has 1 aromatic carbocycles. The second-order valence-electron chi connectivity index (χ2n) is 5.01. The Morgan fingerprint density at radius 2 is 2.26 bits per heavy atom. The number of likely N-dealkylation sites (tertiary alicyclic amines) is 1. The van der Waals surface area contributed by atoms with Crippen LogP contribution >= 0.6 is 0 Å². The summed E-state index contributed by atoms with van der Waals surface area (Å²) in [6.07, 6.45) is 4.36. The second kappa shape index (κ2) is 5.95. The molecular formula is C15H22N2O2. The van der Waals surface area contributed by atoms with Gasteiger partial charge in [0, 0.05) is 18.3 Å². The topological polar surface area (TPSA) is 55.6 Å². The summed E-state index contributed by atoms with van der Waals surface area (Å²) in [4.78, 5) is 14.6. The molecule has 1 atom stereocenters. The number of rotatable bonds is 3. The highest BCUT2D eigenvalue weighted by molar-refractivity contribution is 5.99. The van der Waals surface area contributed by atoms with E-state index in [2.05, 4.69) is 6.92 Å². The zero-order chi connectivity index (χ0) is 13.8. The number of carbonyl (C=O) groups excluding carboxylic acids is 1. The molecular weight excluding hydrogens is 240 g/mol. The number of benzene rings is 1. The predicted octanol–water partition coefficient (Wildman–Crippen LogP) is 2.68. The van der Waals surface area contributed by atoms with Crippen LogP contribution in [0.3, 0.4) is 0 Å². The number of amides is 1. The average Bonchev–Trinajstić information content (AvgIpc) is 2.47. The van der Waals surface area contributed by atoms with E-state index in [1.807, 2.05) is 4.90 Å². The van der Waals surface area contributed by atoms with E-state index in [0.717, 1.165) is 25.8 Å². The number of hydrogen-bond acceptors (Lipinski definition) is 3. The van der Waals surface area contributed by atoms with E-state index in [-0.39, 0.29) is 5.91 Å². The number of nitrogen functional groups attached to an aromatic ring is 1. The van der Waals surface area contributed by atoms with Gasteiger partial charge < -0.3 is 15.4 Å². The van der Waals surface area contributed by atoms with Crippen molar-refractivity contribution in [3.63, 3.8) is 0 Å². The Kier molecular flexibility index (Phi) is 4.30. The monoisotopic (exact) mass is 262 g/mol. The Morgan fingerprint density at radius 1 is 1.47 bits per heavy atom. The highest BCUT2D eigenvalue weighted by atomic mass is 16.5. The molecule has 2 rings (SSSR count). The molecule has 1 heterocycles. The maximum Gasteiger partial charge on any atom is 0.256 e. The van der Waals surface area contributed by atoms with Gasteiger partial charge in [-0.15, -0.1) is 0 Å². The molecule has 1 aromatic rings. The molecule has 0 bridgehead atoms. The highest BCUT2D eigenvalue weighted by Gasteiger charge is 2.27. The standard InChI is InChI=1S/C15H22N2O2/c1-3-11-6-4-5-9-17(11)15(18)13-10-12(19-2)7-8-14(13)16/h7-8,10-11H,3-6,9,16H2,1-2H3. The number of carbonyl (C=O) groups is 1. The van der Waals surface area contributed by atoms with Crippen LogP contribution in [0.4, 0.5) is 5.69 Å². The lowest BCUT2D eigenvalue weighted by atomic mass is 9.98. The van der Waals surface area contributed by atoms with E-state index in [1.54, 1.807) is 25.3 Å². The largest absolute Gasteiger partial charge is 0.497 e. The predicted molar refractivity (Wildman–Crippen MR) is 76.4 cm³/mol. The van der Waals surface area contributed by atoms with Crippen LogP contribution in [0.2, 0.25) is 0 Å². The van der Waals surface area contributed by atoms with Crippen molar-refractivity contribution >= 4 is 11.6 Å². The maximum absolute atomic E-state index is 12.6. The molecule has 0 spiro atoms. The first-order chi connectivity index (χ1) is 9.17. The third kappa shape index (κ3) is 2.83. The van der Waals surface area contributed by atoms with Crippen LogP contribution in [-0.2, 0) is 0 Å². The van der Waals surface area contributed by atoms with Gasteiger partial charge in [0.15, 0.2) is 0 Å². The molecule has 0 aromatic heterocycles. The van der Waals surface area contributed by atoms with Gasteiger partial charge in [-0.05, 0) is 43.9 Å². The minimum Gasteiger partial charge on any atom is -0.497 e. The molecule has 1 aliphatic rings. The summed E-state index contributed by atoms with van der Waals surface area (Å²) in [6, 6.07) is 5.59. The molecule has 1 aliphatic heterocycles. The summed E-state index contributed by atoms with van der Waals surface area (Å²) < 4.78 is 5.17. The fourth-order valence-corrected chi connectivity index (χ4v) is 2.69. The molecule has 1 unspecified atom stereocenters. The van der Waals surface area contributed by atoms with Crippen molar-refractivity contribution in [1.29, 1.82) is 0 Å². The van der Waals surface area contributed by atoms with E-state index in [9.17, 15) is 4.79 Å². The Balaban J connectivity index is 2.27.